The van der Waals surface area contributed by atoms with Crippen molar-refractivity contribution in [3.63, 3.8) is 0 Å². The van der Waals surface area contributed by atoms with Gasteiger partial charge in [0.2, 0.25) is 0 Å². The Kier molecular flexibility index (Phi) is 4.65. The summed E-state index contributed by atoms with van der Waals surface area (Å²) in [6, 6.07) is 0. The van der Waals surface area contributed by atoms with Crippen molar-refractivity contribution in [1.82, 2.24) is 20.5 Å². The Balaban J connectivity index is 2.45. The topological polar surface area (TPSA) is 54.2 Å². The van der Waals surface area contributed by atoms with Crippen LogP contribution in [-0.4, -0.2) is 27.7 Å². The monoisotopic (exact) mass is 237 g/mol. The maximum Gasteiger partial charge on any atom is 0.187 e. The van der Waals surface area contributed by atoms with E-state index in [1.54, 1.807) is 17.0 Å². The van der Waals surface area contributed by atoms with Gasteiger partial charge in [-0.05, 0) is 19.1 Å². The zero-order valence-corrected chi connectivity index (χ0v) is 10.2. The summed E-state index contributed by atoms with van der Waals surface area (Å²) in [6.45, 7) is 6.12. The average molecular weight is 237 g/mol. The largest absolute Gasteiger partial charge is 0.358 e. The maximum absolute atomic E-state index is 4.97. The van der Waals surface area contributed by atoms with E-state index < -0.39 is 0 Å². The standard InChI is InChI=1S/C10H15N5S/c1-4-5-11-10(16)13-12-6-9-7-15(3)14-8(9)2/h4,6-7H,1,5H2,2-3H3,(H2,11,13,16)/b12-6+. The molecule has 1 aromatic rings. The van der Waals surface area contributed by atoms with E-state index in [9.17, 15) is 0 Å². The van der Waals surface area contributed by atoms with Crippen LogP contribution in [0.3, 0.4) is 0 Å². The van der Waals surface area contributed by atoms with E-state index in [2.05, 4.69) is 27.5 Å². The first-order chi connectivity index (χ1) is 7.63. The van der Waals surface area contributed by atoms with Gasteiger partial charge in [0.15, 0.2) is 5.11 Å². The molecule has 0 saturated carbocycles. The summed E-state index contributed by atoms with van der Waals surface area (Å²) in [5, 5.41) is 11.6. The van der Waals surface area contributed by atoms with Crippen LogP contribution in [0.15, 0.2) is 24.0 Å². The van der Waals surface area contributed by atoms with Gasteiger partial charge in [0.1, 0.15) is 0 Å². The van der Waals surface area contributed by atoms with Gasteiger partial charge in [-0.15, -0.1) is 6.58 Å². The molecule has 0 bridgehead atoms. The molecule has 0 aliphatic carbocycles. The minimum absolute atomic E-state index is 0.470. The van der Waals surface area contributed by atoms with Crippen molar-refractivity contribution in [3.05, 3.63) is 30.1 Å². The predicted octanol–water partition coefficient (Wildman–Crippen LogP) is 0.713. The molecule has 0 saturated heterocycles. The summed E-state index contributed by atoms with van der Waals surface area (Å²) in [5.74, 6) is 0. The van der Waals surface area contributed by atoms with Crippen molar-refractivity contribution in [2.24, 2.45) is 12.1 Å². The average Bonchev–Trinajstić information content (AvgIpc) is 2.55. The first kappa shape index (κ1) is 12.4. The molecule has 1 rings (SSSR count). The Hall–Kier alpha value is -1.69. The first-order valence-corrected chi connectivity index (χ1v) is 5.22. The fraction of sp³-hybridized carbons (Fsp3) is 0.300. The van der Waals surface area contributed by atoms with E-state index >= 15 is 0 Å². The fourth-order valence-electron chi connectivity index (χ4n) is 1.11. The molecule has 0 aliphatic rings. The number of thiocarbonyl (C=S) groups is 1. The van der Waals surface area contributed by atoms with Crippen LogP contribution in [0.2, 0.25) is 0 Å². The summed E-state index contributed by atoms with van der Waals surface area (Å²) < 4.78 is 1.74. The third kappa shape index (κ3) is 3.82. The molecule has 1 aromatic heterocycles. The Morgan fingerprint density at radius 2 is 2.50 bits per heavy atom. The van der Waals surface area contributed by atoms with Crippen LogP contribution in [0.4, 0.5) is 0 Å². The van der Waals surface area contributed by atoms with Crippen LogP contribution in [0.25, 0.3) is 0 Å². The summed E-state index contributed by atoms with van der Waals surface area (Å²) >= 11 is 4.97. The normalized spacial score (nSPS) is 10.4. The number of nitrogens with one attached hydrogen (secondary N) is 2. The third-order valence-corrected chi connectivity index (χ3v) is 2.06. The molecule has 0 unspecified atom stereocenters. The lowest BCUT2D eigenvalue weighted by Gasteiger charge is -2.02. The van der Waals surface area contributed by atoms with Crippen LogP contribution in [-0.2, 0) is 7.05 Å². The highest BCUT2D eigenvalue weighted by Gasteiger charge is 1.98. The Labute approximate surface area is 100 Å². The first-order valence-electron chi connectivity index (χ1n) is 4.81. The van der Waals surface area contributed by atoms with Crippen LogP contribution < -0.4 is 10.7 Å². The number of hydrazone groups is 1. The second-order valence-electron chi connectivity index (χ2n) is 3.21. The van der Waals surface area contributed by atoms with E-state index in [0.29, 0.717) is 11.7 Å². The number of aromatic nitrogens is 2. The van der Waals surface area contributed by atoms with Crippen molar-refractivity contribution in [2.45, 2.75) is 6.92 Å². The summed E-state index contributed by atoms with van der Waals surface area (Å²) in [7, 11) is 1.87. The van der Waals surface area contributed by atoms with Gasteiger partial charge in [0.25, 0.3) is 0 Å². The molecule has 86 valence electrons. The van der Waals surface area contributed by atoms with E-state index in [0.717, 1.165) is 11.3 Å². The molecule has 2 N–H and O–H groups in total. The molecule has 0 aromatic carbocycles. The van der Waals surface area contributed by atoms with Crippen molar-refractivity contribution < 1.29 is 0 Å². The van der Waals surface area contributed by atoms with E-state index in [-0.39, 0.29) is 0 Å². The highest BCUT2D eigenvalue weighted by molar-refractivity contribution is 7.80. The van der Waals surface area contributed by atoms with Crippen LogP contribution >= 0.6 is 12.2 Å². The molecule has 0 radical (unpaired) electrons. The van der Waals surface area contributed by atoms with Gasteiger partial charge in [-0.3, -0.25) is 10.1 Å². The van der Waals surface area contributed by atoms with Gasteiger partial charge >= 0.3 is 0 Å². The number of rotatable bonds is 4. The minimum atomic E-state index is 0.470. The SMILES string of the molecule is C=CCNC(=S)N/N=C/c1cn(C)nc1C. The van der Waals surface area contributed by atoms with Gasteiger partial charge < -0.3 is 5.32 Å². The second-order valence-corrected chi connectivity index (χ2v) is 3.62. The third-order valence-electron chi connectivity index (χ3n) is 1.83. The lowest BCUT2D eigenvalue weighted by molar-refractivity contribution is 0.756. The smallest absolute Gasteiger partial charge is 0.187 e. The highest BCUT2D eigenvalue weighted by Crippen LogP contribution is 1.99. The van der Waals surface area contributed by atoms with E-state index in [1.165, 1.54) is 0 Å². The van der Waals surface area contributed by atoms with Crippen molar-refractivity contribution in [3.8, 4) is 0 Å². The molecule has 6 heteroatoms. The molecule has 5 nitrogen and oxygen atoms in total. The lowest BCUT2D eigenvalue weighted by Crippen LogP contribution is -2.31. The lowest BCUT2D eigenvalue weighted by atomic mass is 10.3. The van der Waals surface area contributed by atoms with Gasteiger partial charge in [-0.2, -0.15) is 10.2 Å². The van der Waals surface area contributed by atoms with Gasteiger partial charge in [0, 0.05) is 25.4 Å². The summed E-state index contributed by atoms with van der Waals surface area (Å²) in [6.07, 6.45) is 5.30. The molecule has 0 amide bonds. The maximum atomic E-state index is 4.97. The highest BCUT2D eigenvalue weighted by atomic mass is 32.1. The quantitative estimate of drug-likeness (QED) is 0.350. The van der Waals surface area contributed by atoms with Crippen LogP contribution in [0.1, 0.15) is 11.3 Å². The van der Waals surface area contributed by atoms with E-state index in [1.807, 2.05) is 20.2 Å². The number of aryl methyl sites for hydroxylation is 2. The Morgan fingerprint density at radius 3 is 3.06 bits per heavy atom. The summed E-state index contributed by atoms with van der Waals surface area (Å²) in [5.41, 5.74) is 4.60. The Morgan fingerprint density at radius 1 is 1.75 bits per heavy atom. The number of hydrogen-bond donors (Lipinski definition) is 2. The van der Waals surface area contributed by atoms with Crippen molar-refractivity contribution >= 4 is 23.5 Å². The van der Waals surface area contributed by atoms with Crippen molar-refractivity contribution in [1.29, 1.82) is 0 Å². The fourth-order valence-corrected chi connectivity index (χ4v) is 1.25. The second kappa shape index (κ2) is 6.02. The van der Waals surface area contributed by atoms with Gasteiger partial charge in [0.05, 0.1) is 11.9 Å². The number of hydrogen-bond acceptors (Lipinski definition) is 3. The molecule has 1 heterocycles. The molecule has 0 atom stereocenters. The van der Waals surface area contributed by atoms with Crippen molar-refractivity contribution in [2.75, 3.05) is 6.54 Å². The van der Waals surface area contributed by atoms with Crippen LogP contribution in [0.5, 0.6) is 0 Å². The zero-order valence-electron chi connectivity index (χ0n) is 9.40. The Bertz CT molecular complexity index is 407. The van der Waals surface area contributed by atoms with Crippen LogP contribution in [0, 0.1) is 6.92 Å². The zero-order chi connectivity index (χ0) is 12.0. The molecular formula is C10H15N5S. The minimum Gasteiger partial charge on any atom is -0.358 e. The van der Waals surface area contributed by atoms with E-state index in [4.69, 9.17) is 12.2 Å². The van der Waals surface area contributed by atoms with Gasteiger partial charge in [-0.1, -0.05) is 6.08 Å². The molecular weight excluding hydrogens is 222 g/mol. The summed E-state index contributed by atoms with van der Waals surface area (Å²) in [4.78, 5) is 0. The molecule has 0 fully saturated rings. The predicted molar refractivity (Wildman–Crippen MR) is 69.5 cm³/mol. The molecule has 16 heavy (non-hydrogen) atoms. The number of nitrogens with zero attached hydrogens (tertiary/aromatic N) is 3. The molecule has 0 spiro atoms. The molecule has 0 aliphatic heterocycles. The van der Waals surface area contributed by atoms with Gasteiger partial charge in [-0.25, -0.2) is 0 Å².